The minimum atomic E-state index is -0.513. The molecule has 0 aliphatic rings. The Hall–Kier alpha value is -1.49. The van der Waals surface area contributed by atoms with E-state index < -0.39 is 5.54 Å². The van der Waals surface area contributed by atoms with Crippen LogP contribution in [0.4, 0.5) is 0 Å². The van der Waals surface area contributed by atoms with Crippen LogP contribution in [0.1, 0.15) is 31.2 Å². The first-order valence-corrected chi connectivity index (χ1v) is 4.88. The molecule has 2 aromatic rings. The molecule has 80 valence electrons. The summed E-state index contributed by atoms with van der Waals surface area (Å²) >= 11 is 0. The van der Waals surface area contributed by atoms with Gasteiger partial charge in [-0.2, -0.15) is 0 Å². The molecular weight excluding hydrogens is 190 g/mol. The van der Waals surface area contributed by atoms with E-state index in [1.165, 1.54) is 0 Å². The maximum Gasteiger partial charge on any atom is 0.164 e. The highest BCUT2D eigenvalue weighted by Crippen LogP contribution is 2.17. The largest absolute Gasteiger partial charge is 0.319 e. The van der Waals surface area contributed by atoms with E-state index in [0.29, 0.717) is 0 Å². The molecule has 0 bridgehead atoms. The fraction of sp³-hybridized carbons (Fsp3) is 0.500. The zero-order chi connectivity index (χ0) is 11.2. The van der Waals surface area contributed by atoms with Crippen molar-refractivity contribution in [2.24, 2.45) is 5.73 Å². The van der Waals surface area contributed by atoms with E-state index in [-0.39, 0.29) is 0 Å². The average molecular weight is 205 g/mol. The van der Waals surface area contributed by atoms with Crippen LogP contribution in [0, 0.1) is 13.8 Å². The molecule has 15 heavy (non-hydrogen) atoms. The lowest BCUT2D eigenvalue weighted by Crippen LogP contribution is -2.31. The smallest absolute Gasteiger partial charge is 0.164 e. The molecule has 0 radical (unpaired) electrons. The third kappa shape index (κ3) is 1.59. The molecule has 2 aromatic heterocycles. The van der Waals surface area contributed by atoms with Crippen LogP contribution in [0.15, 0.2) is 6.07 Å². The SMILES string of the molecule is Cc1cc2nnc(C(C)(C)N)n2c(C)n1. The molecule has 0 amide bonds. The monoisotopic (exact) mass is 205 g/mol. The molecule has 2 rings (SSSR count). The first-order chi connectivity index (χ1) is 6.89. The minimum Gasteiger partial charge on any atom is -0.319 e. The topological polar surface area (TPSA) is 69.1 Å². The molecule has 0 saturated carbocycles. The van der Waals surface area contributed by atoms with Gasteiger partial charge in [0, 0.05) is 11.8 Å². The second-order valence-corrected chi connectivity index (χ2v) is 4.38. The first-order valence-electron chi connectivity index (χ1n) is 4.88. The van der Waals surface area contributed by atoms with Crippen molar-refractivity contribution in [1.82, 2.24) is 19.6 Å². The fourth-order valence-electron chi connectivity index (χ4n) is 1.65. The summed E-state index contributed by atoms with van der Waals surface area (Å²) in [5.41, 5.74) is 7.25. The molecule has 2 N–H and O–H groups in total. The highest BCUT2D eigenvalue weighted by atomic mass is 15.3. The lowest BCUT2D eigenvalue weighted by atomic mass is 10.1. The minimum absolute atomic E-state index is 0.513. The van der Waals surface area contributed by atoms with Crippen LogP contribution in [0.2, 0.25) is 0 Å². The van der Waals surface area contributed by atoms with Gasteiger partial charge in [0.2, 0.25) is 0 Å². The number of hydrogen-bond acceptors (Lipinski definition) is 4. The summed E-state index contributed by atoms with van der Waals surface area (Å²) in [6, 6.07) is 1.90. The Morgan fingerprint density at radius 1 is 1.27 bits per heavy atom. The van der Waals surface area contributed by atoms with Crippen LogP contribution >= 0.6 is 0 Å². The molecule has 0 fully saturated rings. The Balaban J connectivity index is 2.81. The molecule has 0 saturated heterocycles. The maximum atomic E-state index is 6.02. The predicted octanol–water partition coefficient (Wildman–Crippen LogP) is 0.935. The Labute approximate surface area is 88.3 Å². The normalized spacial score (nSPS) is 12.3. The van der Waals surface area contributed by atoms with E-state index in [9.17, 15) is 0 Å². The zero-order valence-corrected chi connectivity index (χ0v) is 9.44. The maximum absolute atomic E-state index is 6.02. The number of hydrogen-bond donors (Lipinski definition) is 1. The molecule has 5 nitrogen and oxygen atoms in total. The van der Waals surface area contributed by atoms with E-state index in [0.717, 1.165) is 23.0 Å². The standard InChI is InChI=1S/C10H15N5/c1-6-5-8-13-14-9(10(3,4)11)15(8)7(2)12-6/h5H,11H2,1-4H3. The van der Waals surface area contributed by atoms with Gasteiger partial charge in [-0.3, -0.25) is 4.40 Å². The lowest BCUT2D eigenvalue weighted by molar-refractivity contribution is 0.504. The van der Waals surface area contributed by atoms with Gasteiger partial charge >= 0.3 is 0 Å². The molecule has 0 aliphatic carbocycles. The highest BCUT2D eigenvalue weighted by Gasteiger charge is 2.22. The first kappa shape index (κ1) is 10.0. The van der Waals surface area contributed by atoms with Gasteiger partial charge in [0.05, 0.1) is 5.54 Å². The second-order valence-electron chi connectivity index (χ2n) is 4.38. The summed E-state index contributed by atoms with van der Waals surface area (Å²) in [5.74, 6) is 1.60. The van der Waals surface area contributed by atoms with E-state index in [4.69, 9.17) is 5.73 Å². The highest BCUT2D eigenvalue weighted by molar-refractivity contribution is 5.40. The van der Waals surface area contributed by atoms with Crippen LogP contribution < -0.4 is 5.73 Å². The van der Waals surface area contributed by atoms with Crippen molar-refractivity contribution in [2.75, 3.05) is 0 Å². The summed E-state index contributed by atoms with van der Waals surface area (Å²) in [6.45, 7) is 7.68. The molecule has 2 heterocycles. The second kappa shape index (κ2) is 3.00. The van der Waals surface area contributed by atoms with Gasteiger partial charge in [0.25, 0.3) is 0 Å². The molecule has 0 aromatic carbocycles. The quantitative estimate of drug-likeness (QED) is 0.752. The van der Waals surface area contributed by atoms with E-state index in [1.54, 1.807) is 0 Å². The van der Waals surface area contributed by atoms with Crippen LogP contribution in [-0.2, 0) is 5.54 Å². The van der Waals surface area contributed by atoms with E-state index in [1.807, 2.05) is 38.2 Å². The Kier molecular flexibility index (Phi) is 2.01. The van der Waals surface area contributed by atoms with Crippen molar-refractivity contribution in [3.63, 3.8) is 0 Å². The van der Waals surface area contributed by atoms with Crippen LogP contribution in [0.25, 0.3) is 5.65 Å². The lowest BCUT2D eigenvalue weighted by Gasteiger charge is -2.16. The average Bonchev–Trinajstić information content (AvgIpc) is 2.45. The van der Waals surface area contributed by atoms with Crippen molar-refractivity contribution in [1.29, 1.82) is 0 Å². The van der Waals surface area contributed by atoms with Crippen molar-refractivity contribution in [3.8, 4) is 0 Å². The summed E-state index contributed by atoms with van der Waals surface area (Å²) in [5, 5.41) is 8.22. The third-order valence-corrected chi connectivity index (χ3v) is 2.26. The van der Waals surface area contributed by atoms with Crippen molar-refractivity contribution in [3.05, 3.63) is 23.4 Å². The van der Waals surface area contributed by atoms with Crippen molar-refractivity contribution >= 4 is 5.65 Å². The van der Waals surface area contributed by atoms with Crippen LogP contribution in [-0.4, -0.2) is 19.6 Å². The summed E-state index contributed by atoms with van der Waals surface area (Å²) in [4.78, 5) is 4.38. The number of nitrogens with zero attached hydrogens (tertiary/aromatic N) is 4. The van der Waals surface area contributed by atoms with Crippen molar-refractivity contribution < 1.29 is 0 Å². The van der Waals surface area contributed by atoms with Gasteiger partial charge in [-0.25, -0.2) is 4.98 Å². The summed E-state index contributed by atoms with van der Waals surface area (Å²) in [6.07, 6.45) is 0. The zero-order valence-electron chi connectivity index (χ0n) is 9.44. The number of nitrogens with two attached hydrogens (primary N) is 1. The van der Waals surface area contributed by atoms with E-state index >= 15 is 0 Å². The van der Waals surface area contributed by atoms with Gasteiger partial charge in [-0.15, -0.1) is 10.2 Å². The van der Waals surface area contributed by atoms with Gasteiger partial charge in [-0.05, 0) is 27.7 Å². The molecule has 0 spiro atoms. The Morgan fingerprint density at radius 2 is 1.93 bits per heavy atom. The number of aromatic nitrogens is 4. The molecule has 5 heteroatoms. The molecule has 0 atom stereocenters. The Bertz CT molecular complexity index is 506. The van der Waals surface area contributed by atoms with Gasteiger partial charge < -0.3 is 5.73 Å². The van der Waals surface area contributed by atoms with Crippen molar-refractivity contribution in [2.45, 2.75) is 33.2 Å². The molecular formula is C10H15N5. The number of fused-ring (bicyclic) bond motifs is 1. The summed E-state index contributed by atoms with van der Waals surface area (Å²) < 4.78 is 1.90. The van der Waals surface area contributed by atoms with Crippen LogP contribution in [0.3, 0.4) is 0 Å². The Morgan fingerprint density at radius 3 is 2.53 bits per heavy atom. The van der Waals surface area contributed by atoms with Gasteiger partial charge in [0.15, 0.2) is 11.5 Å². The van der Waals surface area contributed by atoms with Gasteiger partial charge in [0.1, 0.15) is 5.82 Å². The fourth-order valence-corrected chi connectivity index (χ4v) is 1.65. The predicted molar refractivity (Wildman–Crippen MR) is 57.5 cm³/mol. The number of rotatable bonds is 1. The van der Waals surface area contributed by atoms with Crippen LogP contribution in [0.5, 0.6) is 0 Å². The summed E-state index contributed by atoms with van der Waals surface area (Å²) in [7, 11) is 0. The third-order valence-electron chi connectivity index (χ3n) is 2.26. The van der Waals surface area contributed by atoms with Gasteiger partial charge in [-0.1, -0.05) is 0 Å². The van der Waals surface area contributed by atoms with E-state index in [2.05, 4.69) is 15.2 Å². The molecule has 0 aliphatic heterocycles. The number of aryl methyl sites for hydroxylation is 2. The molecule has 0 unspecified atom stereocenters.